The third-order valence-corrected chi connectivity index (χ3v) is 5.96. The molecule has 0 radical (unpaired) electrons. The van der Waals surface area contributed by atoms with E-state index in [2.05, 4.69) is 10.0 Å². The lowest BCUT2D eigenvalue weighted by Crippen LogP contribution is -2.67. The van der Waals surface area contributed by atoms with E-state index in [1.165, 1.54) is 20.8 Å². The second-order valence-corrected chi connectivity index (χ2v) is 8.98. The number of benzene rings is 2. The minimum Gasteiger partial charge on any atom is -0.459 e. The van der Waals surface area contributed by atoms with Gasteiger partial charge in [0.25, 0.3) is 0 Å². The summed E-state index contributed by atoms with van der Waals surface area (Å²) >= 11 is 0. The smallest absolute Gasteiger partial charge is 0.303 e. The van der Waals surface area contributed by atoms with E-state index in [4.69, 9.17) is 23.7 Å². The number of hydrogen-bond acceptors (Lipinski definition) is 9. The molecule has 0 N–H and O–H groups in total. The molecule has 38 heavy (non-hydrogen) atoms. The van der Waals surface area contributed by atoms with Crippen molar-refractivity contribution in [2.24, 2.45) is 5.11 Å². The predicted molar refractivity (Wildman–Crippen MR) is 134 cm³/mol. The fraction of sp³-hybridized carbons (Fsp3) is 0.444. The first-order chi connectivity index (χ1) is 18.2. The molecule has 0 bridgehead atoms. The fourth-order valence-corrected chi connectivity index (χ4v) is 4.56. The molecule has 3 rings (SSSR count). The highest BCUT2D eigenvalue weighted by atomic mass is 16.6. The van der Waals surface area contributed by atoms with Gasteiger partial charge >= 0.3 is 17.9 Å². The second kappa shape index (κ2) is 13.6. The van der Waals surface area contributed by atoms with Crippen LogP contribution in [0.2, 0.25) is 0 Å². The van der Waals surface area contributed by atoms with Crippen LogP contribution in [0.3, 0.4) is 0 Å². The molecule has 0 unspecified atom stereocenters. The third kappa shape index (κ3) is 7.79. The molecule has 0 saturated heterocycles. The van der Waals surface area contributed by atoms with E-state index in [9.17, 15) is 19.9 Å². The maximum atomic E-state index is 12.3. The highest BCUT2D eigenvalue weighted by molar-refractivity contribution is 5.68. The molecule has 202 valence electrons. The van der Waals surface area contributed by atoms with E-state index >= 15 is 0 Å². The molecule has 0 heterocycles. The molecular weight excluding hydrogens is 494 g/mol. The minimum absolute atomic E-state index is 0.0467. The Morgan fingerprint density at radius 2 is 1.45 bits per heavy atom. The SMILES string of the molecule is CC(=O)O[C@H]1[C@@H](OCc2ccccc2)[C@H](OC(C)=O)[C@](COCc2ccccc2)(OC(C)=O)C[C@@H]1N=[N+]=[N-]. The lowest BCUT2D eigenvalue weighted by atomic mass is 9.75. The first-order valence-corrected chi connectivity index (χ1v) is 12.1. The van der Waals surface area contributed by atoms with E-state index in [1.807, 2.05) is 60.7 Å². The van der Waals surface area contributed by atoms with Crippen molar-refractivity contribution in [2.45, 2.75) is 70.4 Å². The Balaban J connectivity index is 2.04. The Hall–Kier alpha value is -3.92. The molecule has 5 atom stereocenters. The zero-order valence-corrected chi connectivity index (χ0v) is 21.5. The number of esters is 3. The van der Waals surface area contributed by atoms with Crippen LogP contribution < -0.4 is 0 Å². The van der Waals surface area contributed by atoms with Gasteiger partial charge in [0.1, 0.15) is 12.2 Å². The topological polar surface area (TPSA) is 146 Å². The van der Waals surface area contributed by atoms with E-state index < -0.39 is 47.9 Å². The van der Waals surface area contributed by atoms with Gasteiger partial charge in [0.15, 0.2) is 11.7 Å². The number of nitrogens with zero attached hydrogens (tertiary/aromatic N) is 3. The summed E-state index contributed by atoms with van der Waals surface area (Å²) in [6.07, 6.45) is -3.69. The van der Waals surface area contributed by atoms with Crippen LogP contribution in [0.4, 0.5) is 0 Å². The van der Waals surface area contributed by atoms with E-state index in [1.54, 1.807) is 0 Å². The van der Waals surface area contributed by atoms with Crippen molar-refractivity contribution in [3.8, 4) is 0 Å². The molecule has 1 aliphatic rings. The summed E-state index contributed by atoms with van der Waals surface area (Å²) in [6.45, 7) is 3.63. The molecule has 1 fully saturated rings. The van der Waals surface area contributed by atoms with Crippen molar-refractivity contribution in [1.29, 1.82) is 0 Å². The fourth-order valence-electron chi connectivity index (χ4n) is 4.56. The Kier molecular flexibility index (Phi) is 10.2. The van der Waals surface area contributed by atoms with Crippen molar-refractivity contribution in [3.63, 3.8) is 0 Å². The van der Waals surface area contributed by atoms with Crippen LogP contribution >= 0.6 is 0 Å². The molecule has 0 amide bonds. The van der Waals surface area contributed by atoms with Crippen LogP contribution in [0.1, 0.15) is 38.3 Å². The number of azide groups is 1. The average Bonchev–Trinajstić information content (AvgIpc) is 2.87. The molecular formula is C27H31N3O8. The van der Waals surface area contributed by atoms with Gasteiger partial charge in [-0.1, -0.05) is 65.8 Å². The Labute approximate surface area is 220 Å². The summed E-state index contributed by atoms with van der Waals surface area (Å²) in [6, 6.07) is 17.5. The van der Waals surface area contributed by atoms with Gasteiger partial charge in [-0.2, -0.15) is 0 Å². The second-order valence-electron chi connectivity index (χ2n) is 8.98. The summed E-state index contributed by atoms with van der Waals surface area (Å²) < 4.78 is 29.2. The van der Waals surface area contributed by atoms with Gasteiger partial charge < -0.3 is 23.7 Å². The minimum atomic E-state index is -1.61. The molecule has 0 spiro atoms. The Morgan fingerprint density at radius 3 is 1.97 bits per heavy atom. The van der Waals surface area contributed by atoms with Gasteiger partial charge in [-0.15, -0.1) is 0 Å². The monoisotopic (exact) mass is 525 g/mol. The molecule has 2 aromatic rings. The van der Waals surface area contributed by atoms with Crippen LogP contribution in [-0.2, 0) is 51.3 Å². The molecule has 0 aliphatic heterocycles. The van der Waals surface area contributed by atoms with Gasteiger partial charge in [0.05, 0.1) is 25.9 Å². The van der Waals surface area contributed by atoms with Crippen LogP contribution in [0, 0.1) is 0 Å². The normalized spacial score (nSPS) is 24.5. The van der Waals surface area contributed by atoms with Crippen LogP contribution in [0.15, 0.2) is 65.8 Å². The van der Waals surface area contributed by atoms with Crippen LogP contribution in [0.5, 0.6) is 0 Å². The van der Waals surface area contributed by atoms with Gasteiger partial charge in [0, 0.05) is 32.1 Å². The first-order valence-electron chi connectivity index (χ1n) is 12.1. The van der Waals surface area contributed by atoms with Crippen LogP contribution in [-0.4, -0.2) is 54.5 Å². The molecule has 1 aliphatic carbocycles. The number of rotatable bonds is 11. The van der Waals surface area contributed by atoms with Crippen molar-refractivity contribution < 1.29 is 38.1 Å². The van der Waals surface area contributed by atoms with E-state index in [0.717, 1.165) is 11.1 Å². The quantitative estimate of drug-likeness (QED) is 0.140. The van der Waals surface area contributed by atoms with Gasteiger partial charge in [-0.05, 0) is 16.7 Å². The number of carbonyl (C=O) groups is 3. The van der Waals surface area contributed by atoms with Gasteiger partial charge in [-0.25, -0.2) is 0 Å². The van der Waals surface area contributed by atoms with Crippen LogP contribution in [0.25, 0.3) is 10.4 Å². The molecule has 11 nitrogen and oxygen atoms in total. The summed E-state index contributed by atoms with van der Waals surface area (Å²) in [5.74, 6) is -1.99. The zero-order valence-electron chi connectivity index (χ0n) is 21.5. The lowest BCUT2D eigenvalue weighted by molar-refractivity contribution is -0.250. The summed E-state index contributed by atoms with van der Waals surface area (Å²) in [5.41, 5.74) is 9.36. The van der Waals surface area contributed by atoms with Crippen molar-refractivity contribution in [1.82, 2.24) is 0 Å². The molecule has 11 heteroatoms. The first kappa shape index (κ1) is 28.6. The molecule has 1 saturated carbocycles. The van der Waals surface area contributed by atoms with Crippen molar-refractivity contribution in [2.75, 3.05) is 6.61 Å². The number of carbonyl (C=O) groups excluding carboxylic acids is 3. The molecule has 2 aromatic carbocycles. The predicted octanol–water partition coefficient (Wildman–Crippen LogP) is 4.04. The number of ether oxygens (including phenoxy) is 5. The Morgan fingerprint density at radius 1 is 0.868 bits per heavy atom. The maximum absolute atomic E-state index is 12.3. The summed E-state index contributed by atoms with van der Waals surface area (Å²) in [4.78, 5) is 39.6. The highest BCUT2D eigenvalue weighted by Gasteiger charge is 2.59. The standard InChI is InChI=1S/C27H31N3O8/c1-18(31)36-24-23(29-30-28)14-27(38-20(3)33,17-34-15-21-10-6-4-7-11-21)26(37-19(2)32)25(24)35-16-22-12-8-5-9-13-22/h4-13,23-26H,14-17H2,1-3H3/t23-,24+,25+,26-,27-/m0/s1. The Bertz CT molecular complexity index is 1140. The van der Waals surface area contributed by atoms with Gasteiger partial charge in [0.2, 0.25) is 0 Å². The average molecular weight is 526 g/mol. The van der Waals surface area contributed by atoms with E-state index in [0.29, 0.717) is 0 Å². The van der Waals surface area contributed by atoms with Crippen molar-refractivity contribution >= 4 is 17.9 Å². The highest BCUT2D eigenvalue weighted by Crippen LogP contribution is 2.40. The zero-order chi connectivity index (χ0) is 27.5. The maximum Gasteiger partial charge on any atom is 0.303 e. The summed E-state index contributed by atoms with van der Waals surface area (Å²) in [7, 11) is 0. The van der Waals surface area contributed by atoms with Crippen molar-refractivity contribution in [3.05, 3.63) is 82.2 Å². The molecule has 0 aromatic heterocycles. The van der Waals surface area contributed by atoms with Gasteiger partial charge in [-0.3, -0.25) is 14.4 Å². The third-order valence-electron chi connectivity index (χ3n) is 5.96. The largest absolute Gasteiger partial charge is 0.459 e. The summed E-state index contributed by atoms with van der Waals surface area (Å²) in [5, 5.41) is 3.84. The van der Waals surface area contributed by atoms with E-state index in [-0.39, 0.29) is 26.2 Å². The lowest BCUT2D eigenvalue weighted by Gasteiger charge is -2.50. The number of hydrogen-bond donors (Lipinski definition) is 0.